The minimum atomic E-state index is -4.34. The maximum atomic E-state index is 12.6. The van der Waals surface area contributed by atoms with Gasteiger partial charge in [-0.2, -0.15) is 13.2 Å². The lowest BCUT2D eigenvalue weighted by atomic mass is 10.0. The van der Waals surface area contributed by atoms with Crippen LogP contribution < -0.4 is 11.1 Å². The Morgan fingerprint density at radius 1 is 1.15 bits per heavy atom. The van der Waals surface area contributed by atoms with E-state index < -0.39 is 17.8 Å². The Bertz CT molecular complexity index is 921. The Balaban J connectivity index is 1.68. The number of thiazole rings is 1. The van der Waals surface area contributed by atoms with Crippen molar-refractivity contribution in [2.45, 2.75) is 32.5 Å². The van der Waals surface area contributed by atoms with E-state index in [1.807, 2.05) is 19.2 Å². The molecule has 3 rings (SSSR count). The summed E-state index contributed by atoms with van der Waals surface area (Å²) in [4.78, 5) is 13.1. The second kappa shape index (κ2) is 7.61. The van der Waals surface area contributed by atoms with Crippen LogP contribution in [0.4, 0.5) is 24.1 Å². The van der Waals surface area contributed by atoms with Crippen molar-refractivity contribution in [2.24, 2.45) is 5.73 Å². The lowest BCUT2D eigenvalue weighted by Gasteiger charge is -2.11. The molecule has 2 aromatic heterocycles. The summed E-state index contributed by atoms with van der Waals surface area (Å²) in [5.74, 6) is 0.632. The topological polar surface area (TPSA) is 76.7 Å². The van der Waals surface area contributed by atoms with Crippen LogP contribution in [-0.2, 0) is 12.6 Å². The molecule has 0 fully saturated rings. The second-order valence-corrected chi connectivity index (χ2v) is 7.01. The molecule has 0 spiro atoms. The van der Waals surface area contributed by atoms with Gasteiger partial charge in [0.25, 0.3) is 0 Å². The summed E-state index contributed by atoms with van der Waals surface area (Å²) >= 11 is 1.38. The zero-order valence-corrected chi connectivity index (χ0v) is 15.5. The van der Waals surface area contributed by atoms with E-state index in [9.17, 15) is 13.2 Å². The van der Waals surface area contributed by atoms with Gasteiger partial charge in [0.15, 0.2) is 10.9 Å². The number of hydrogen-bond acceptors (Lipinski definition) is 6. The molecule has 0 radical (unpaired) electrons. The molecule has 0 aliphatic carbocycles. The molecule has 2 heterocycles. The first-order valence-corrected chi connectivity index (χ1v) is 9.05. The van der Waals surface area contributed by atoms with Gasteiger partial charge in [0, 0.05) is 11.6 Å². The number of halogens is 3. The van der Waals surface area contributed by atoms with Crippen molar-refractivity contribution < 1.29 is 13.2 Å². The Kier molecular flexibility index (Phi) is 5.43. The number of rotatable bonds is 5. The third-order valence-electron chi connectivity index (χ3n) is 3.94. The van der Waals surface area contributed by atoms with Crippen LogP contribution in [-0.4, -0.2) is 15.0 Å². The minimum Gasteiger partial charge on any atom is -0.322 e. The van der Waals surface area contributed by atoms with Crippen molar-refractivity contribution in [3.05, 3.63) is 64.1 Å². The third kappa shape index (κ3) is 4.81. The Hall–Kier alpha value is -2.52. The van der Waals surface area contributed by atoms with Crippen molar-refractivity contribution in [3.8, 4) is 0 Å². The number of hydrogen-bond donors (Lipinski definition) is 2. The molecule has 142 valence electrons. The molecule has 27 heavy (non-hydrogen) atoms. The maximum absolute atomic E-state index is 12.6. The molecule has 9 heteroatoms. The summed E-state index contributed by atoms with van der Waals surface area (Å²) in [6, 6.07) is 4.60. The number of nitrogens with zero attached hydrogens (tertiary/aromatic N) is 3. The second-order valence-electron chi connectivity index (χ2n) is 6.15. The van der Waals surface area contributed by atoms with Crippen LogP contribution >= 0.6 is 11.3 Å². The number of nitrogens with two attached hydrogens (primary N) is 1. The quantitative estimate of drug-likeness (QED) is 0.665. The smallest absolute Gasteiger partial charge is 0.322 e. The average molecular weight is 393 g/mol. The first kappa shape index (κ1) is 19.2. The van der Waals surface area contributed by atoms with Gasteiger partial charge in [-0.3, -0.25) is 4.98 Å². The number of alkyl halides is 3. The van der Waals surface area contributed by atoms with E-state index in [-0.39, 0.29) is 0 Å². The fourth-order valence-electron chi connectivity index (χ4n) is 2.46. The van der Waals surface area contributed by atoms with E-state index in [0.29, 0.717) is 23.1 Å². The predicted octanol–water partition coefficient (Wildman–Crippen LogP) is 4.55. The van der Waals surface area contributed by atoms with Gasteiger partial charge in [0.1, 0.15) is 0 Å². The van der Waals surface area contributed by atoms with E-state index in [2.05, 4.69) is 20.3 Å². The van der Waals surface area contributed by atoms with Gasteiger partial charge < -0.3 is 11.1 Å². The van der Waals surface area contributed by atoms with Crippen LogP contribution in [0.2, 0.25) is 0 Å². The monoisotopic (exact) mass is 393 g/mol. The summed E-state index contributed by atoms with van der Waals surface area (Å²) in [6.45, 7) is 3.70. The van der Waals surface area contributed by atoms with Gasteiger partial charge in [-0.25, -0.2) is 9.97 Å². The molecule has 0 aliphatic rings. The number of anilines is 2. The van der Waals surface area contributed by atoms with Gasteiger partial charge >= 0.3 is 6.18 Å². The Labute approximate surface area is 158 Å². The Morgan fingerprint density at radius 3 is 2.52 bits per heavy atom. The average Bonchev–Trinajstić information content (AvgIpc) is 3.06. The molecular formula is C18H18F3N5S. The maximum Gasteiger partial charge on any atom is 0.416 e. The highest BCUT2D eigenvalue weighted by Gasteiger charge is 2.30. The van der Waals surface area contributed by atoms with Gasteiger partial charge in [0.05, 0.1) is 28.7 Å². The molecule has 3 N–H and O–H groups in total. The van der Waals surface area contributed by atoms with Crippen molar-refractivity contribution in [2.75, 3.05) is 5.32 Å². The fraction of sp³-hybridized carbons (Fsp3) is 0.278. The molecule has 3 aromatic rings. The van der Waals surface area contributed by atoms with Gasteiger partial charge in [-0.1, -0.05) is 12.1 Å². The van der Waals surface area contributed by atoms with Crippen LogP contribution in [0.5, 0.6) is 0 Å². The molecule has 5 nitrogen and oxygen atoms in total. The van der Waals surface area contributed by atoms with E-state index >= 15 is 0 Å². The fourth-order valence-corrected chi connectivity index (χ4v) is 3.23. The Morgan fingerprint density at radius 2 is 1.85 bits per heavy atom. The van der Waals surface area contributed by atoms with Crippen LogP contribution in [0.25, 0.3) is 0 Å². The summed E-state index contributed by atoms with van der Waals surface area (Å²) < 4.78 is 37.9. The molecule has 1 aromatic carbocycles. The first-order chi connectivity index (χ1) is 12.7. The highest BCUT2D eigenvalue weighted by molar-refractivity contribution is 7.13. The normalized spacial score (nSPS) is 12.8. The molecule has 0 amide bonds. The summed E-state index contributed by atoms with van der Waals surface area (Å²) in [5.41, 5.74) is 8.44. The molecule has 1 atom stereocenters. The molecule has 1 unspecified atom stereocenters. The SMILES string of the molecule is Cc1cnc(C)c(Nc2nc(C(N)Cc3ccc(C(F)(F)F)cc3)cs2)n1. The third-order valence-corrected chi connectivity index (χ3v) is 4.72. The lowest BCUT2D eigenvalue weighted by Crippen LogP contribution is -2.14. The summed E-state index contributed by atoms with van der Waals surface area (Å²) in [6.07, 6.45) is -2.26. The standard InChI is InChI=1S/C18H18F3N5S/c1-10-8-23-11(2)16(24-10)26-17-25-15(9-27-17)14(22)7-12-3-5-13(6-4-12)18(19,20)21/h3-6,8-9,14H,7,22H2,1-2H3,(H,24,25,26). The zero-order chi connectivity index (χ0) is 19.6. The summed E-state index contributed by atoms with van der Waals surface area (Å²) in [7, 11) is 0. The molecule has 0 aliphatic heterocycles. The van der Waals surface area contributed by atoms with Gasteiger partial charge in [-0.05, 0) is 38.0 Å². The first-order valence-electron chi connectivity index (χ1n) is 8.17. The predicted molar refractivity (Wildman–Crippen MR) is 99.0 cm³/mol. The van der Waals surface area contributed by atoms with Crippen LogP contribution in [0.15, 0.2) is 35.8 Å². The molecule has 0 saturated carbocycles. The minimum absolute atomic E-state index is 0.393. The number of aryl methyl sites for hydroxylation is 2. The molecule has 0 saturated heterocycles. The van der Waals surface area contributed by atoms with E-state index in [4.69, 9.17) is 5.73 Å². The van der Waals surface area contributed by atoms with Gasteiger partial charge in [-0.15, -0.1) is 11.3 Å². The lowest BCUT2D eigenvalue weighted by molar-refractivity contribution is -0.137. The number of benzene rings is 1. The largest absolute Gasteiger partial charge is 0.416 e. The van der Waals surface area contributed by atoms with E-state index in [1.165, 1.54) is 23.5 Å². The van der Waals surface area contributed by atoms with Crippen molar-refractivity contribution in [3.63, 3.8) is 0 Å². The molecular weight excluding hydrogens is 375 g/mol. The van der Waals surface area contributed by atoms with Crippen molar-refractivity contribution in [1.29, 1.82) is 0 Å². The van der Waals surface area contributed by atoms with E-state index in [1.54, 1.807) is 6.20 Å². The molecule has 0 bridgehead atoms. The van der Waals surface area contributed by atoms with Gasteiger partial charge in [0.2, 0.25) is 0 Å². The highest BCUT2D eigenvalue weighted by atomic mass is 32.1. The van der Waals surface area contributed by atoms with Crippen molar-refractivity contribution in [1.82, 2.24) is 15.0 Å². The zero-order valence-electron chi connectivity index (χ0n) is 14.7. The van der Waals surface area contributed by atoms with Crippen molar-refractivity contribution >= 4 is 22.3 Å². The van der Waals surface area contributed by atoms with E-state index in [0.717, 1.165) is 29.1 Å². The van der Waals surface area contributed by atoms with Crippen LogP contribution in [0.1, 0.15) is 34.3 Å². The number of aromatic nitrogens is 3. The number of nitrogens with one attached hydrogen (secondary N) is 1. The summed E-state index contributed by atoms with van der Waals surface area (Å²) in [5, 5.41) is 5.59. The van der Waals surface area contributed by atoms with Crippen LogP contribution in [0, 0.1) is 13.8 Å². The highest BCUT2D eigenvalue weighted by Crippen LogP contribution is 2.30. The van der Waals surface area contributed by atoms with Crippen LogP contribution in [0.3, 0.4) is 0 Å².